The normalized spacial score (nSPS) is 14.5. The summed E-state index contributed by atoms with van der Waals surface area (Å²) in [6, 6.07) is 7.27. The van der Waals surface area contributed by atoms with Gasteiger partial charge in [0.25, 0.3) is 5.91 Å². The molecule has 0 aliphatic carbocycles. The number of benzene rings is 1. The number of aromatic amines is 1. The summed E-state index contributed by atoms with van der Waals surface area (Å²) in [5, 5.41) is 0. The third-order valence-corrected chi connectivity index (χ3v) is 4.29. The second-order valence-electron chi connectivity index (χ2n) is 5.94. The lowest BCUT2D eigenvalue weighted by atomic mass is 10.1. The van der Waals surface area contributed by atoms with E-state index >= 15 is 0 Å². The number of amides is 1. The molecule has 1 aromatic heterocycles. The van der Waals surface area contributed by atoms with E-state index in [1.54, 1.807) is 17.0 Å². The minimum absolute atomic E-state index is 0.164. The summed E-state index contributed by atoms with van der Waals surface area (Å²) >= 11 is 0. The van der Waals surface area contributed by atoms with E-state index in [1.165, 1.54) is 31.3 Å². The van der Waals surface area contributed by atoms with Gasteiger partial charge < -0.3 is 14.8 Å². The average Bonchev–Trinajstić information content (AvgIpc) is 2.62. The van der Waals surface area contributed by atoms with Crippen LogP contribution in [0.2, 0.25) is 0 Å². The molecular weight excluding hydrogens is 325 g/mol. The van der Waals surface area contributed by atoms with Crippen molar-refractivity contribution in [1.82, 2.24) is 9.88 Å². The van der Waals surface area contributed by atoms with Crippen LogP contribution in [0.25, 0.3) is 0 Å². The Hall–Kier alpha value is -2.96. The first-order chi connectivity index (χ1) is 12.0. The number of anilines is 1. The maximum atomic E-state index is 14.2. The highest BCUT2D eigenvalue weighted by Gasteiger charge is 2.24. The Kier molecular flexibility index (Phi) is 4.65. The molecule has 0 saturated carbocycles. The lowest BCUT2D eigenvalue weighted by Gasteiger charge is -2.36. The minimum atomic E-state index is -0.437. The summed E-state index contributed by atoms with van der Waals surface area (Å²) in [5.74, 6) is -0.779. The van der Waals surface area contributed by atoms with Gasteiger partial charge in [-0.2, -0.15) is 0 Å². The molecule has 0 bridgehead atoms. The van der Waals surface area contributed by atoms with Crippen molar-refractivity contribution in [2.24, 2.45) is 0 Å². The quantitative estimate of drug-likeness (QED) is 0.861. The molecule has 2 heterocycles. The molecule has 1 aromatic carbocycles. The first-order valence-electron chi connectivity index (χ1n) is 7.99. The molecule has 1 amide bonds. The van der Waals surface area contributed by atoms with Gasteiger partial charge in [-0.05, 0) is 31.2 Å². The largest absolute Gasteiger partial charge is 0.366 e. The van der Waals surface area contributed by atoms with Gasteiger partial charge in [0.05, 0.1) is 11.3 Å². The van der Waals surface area contributed by atoms with E-state index in [-0.39, 0.29) is 17.2 Å². The van der Waals surface area contributed by atoms with Crippen LogP contribution in [0.15, 0.2) is 41.3 Å². The molecule has 6 nitrogen and oxygen atoms in total. The number of nitrogens with one attached hydrogen (secondary N) is 1. The summed E-state index contributed by atoms with van der Waals surface area (Å²) in [6.07, 6.45) is 1.40. The highest BCUT2D eigenvalue weighted by Crippen LogP contribution is 2.22. The Labute approximate surface area is 143 Å². The predicted molar refractivity (Wildman–Crippen MR) is 91.6 cm³/mol. The molecule has 7 heteroatoms. The van der Waals surface area contributed by atoms with Crippen molar-refractivity contribution in [3.05, 3.63) is 63.8 Å². The molecule has 1 aliphatic rings. The molecule has 1 N–H and O–H groups in total. The van der Waals surface area contributed by atoms with Gasteiger partial charge in [0.1, 0.15) is 5.82 Å². The van der Waals surface area contributed by atoms with E-state index in [0.29, 0.717) is 43.0 Å². The van der Waals surface area contributed by atoms with E-state index in [9.17, 15) is 18.8 Å². The number of hydrogen-bond acceptors (Lipinski definition) is 4. The van der Waals surface area contributed by atoms with E-state index in [0.717, 1.165) is 0 Å². The molecular formula is C18H18FN3O3. The molecule has 0 unspecified atom stereocenters. The van der Waals surface area contributed by atoms with Crippen LogP contribution in [-0.2, 0) is 0 Å². The van der Waals surface area contributed by atoms with Crippen molar-refractivity contribution in [3.8, 4) is 0 Å². The van der Waals surface area contributed by atoms with Crippen molar-refractivity contribution >= 4 is 17.4 Å². The third kappa shape index (κ3) is 3.60. The standard InChI is InChI=1S/C18H18FN3O3/c1-12(23)13-2-4-16(15(19)10-13)21-6-8-22(9-7-21)18(25)14-3-5-17(24)20-11-14/h2-5,10-11H,6-9H2,1H3,(H,20,24). The van der Waals surface area contributed by atoms with Crippen molar-refractivity contribution in [1.29, 1.82) is 0 Å². The number of Topliss-reactive ketones (excluding diaryl/α,β-unsaturated/α-hetero) is 1. The molecule has 0 radical (unpaired) electrons. The highest BCUT2D eigenvalue weighted by atomic mass is 19.1. The topological polar surface area (TPSA) is 73.5 Å². The number of aromatic nitrogens is 1. The van der Waals surface area contributed by atoms with Crippen molar-refractivity contribution < 1.29 is 14.0 Å². The Morgan fingerprint density at radius 3 is 2.28 bits per heavy atom. The second kappa shape index (κ2) is 6.88. The van der Waals surface area contributed by atoms with Gasteiger partial charge in [-0.15, -0.1) is 0 Å². The fourth-order valence-electron chi connectivity index (χ4n) is 2.86. The van der Waals surface area contributed by atoms with Crippen LogP contribution in [0.3, 0.4) is 0 Å². The summed E-state index contributed by atoms with van der Waals surface area (Å²) in [5.41, 5.74) is 0.935. The van der Waals surface area contributed by atoms with Crippen LogP contribution < -0.4 is 10.5 Å². The number of nitrogens with zero attached hydrogens (tertiary/aromatic N) is 2. The minimum Gasteiger partial charge on any atom is -0.366 e. The van der Waals surface area contributed by atoms with Crippen LogP contribution >= 0.6 is 0 Å². The lowest BCUT2D eigenvalue weighted by Crippen LogP contribution is -2.49. The smallest absolute Gasteiger partial charge is 0.255 e. The number of halogens is 1. The zero-order chi connectivity index (χ0) is 18.0. The summed E-state index contributed by atoms with van der Waals surface area (Å²) in [4.78, 5) is 40.8. The highest BCUT2D eigenvalue weighted by molar-refractivity contribution is 5.95. The van der Waals surface area contributed by atoms with Gasteiger partial charge in [-0.25, -0.2) is 4.39 Å². The SMILES string of the molecule is CC(=O)c1ccc(N2CCN(C(=O)c3ccc(=O)[nH]c3)CC2)c(F)c1. The molecule has 0 spiro atoms. The molecule has 1 aliphatic heterocycles. The Balaban J connectivity index is 1.67. The summed E-state index contributed by atoms with van der Waals surface area (Å²) in [6.45, 7) is 3.28. The average molecular weight is 343 g/mol. The van der Waals surface area contributed by atoms with E-state index in [4.69, 9.17) is 0 Å². The lowest BCUT2D eigenvalue weighted by molar-refractivity contribution is 0.0746. The van der Waals surface area contributed by atoms with Gasteiger partial charge in [0.2, 0.25) is 5.56 Å². The Morgan fingerprint density at radius 1 is 1.04 bits per heavy atom. The number of carbonyl (C=O) groups is 2. The van der Waals surface area contributed by atoms with Crippen molar-refractivity contribution in [2.75, 3.05) is 31.1 Å². The third-order valence-electron chi connectivity index (χ3n) is 4.29. The number of carbonyl (C=O) groups excluding carboxylic acids is 2. The number of piperazine rings is 1. The second-order valence-corrected chi connectivity index (χ2v) is 5.94. The van der Waals surface area contributed by atoms with Crippen molar-refractivity contribution in [3.63, 3.8) is 0 Å². The Bertz CT molecular complexity index is 850. The van der Waals surface area contributed by atoms with Gasteiger partial charge >= 0.3 is 0 Å². The Morgan fingerprint density at radius 2 is 1.72 bits per heavy atom. The van der Waals surface area contributed by atoms with E-state index < -0.39 is 5.82 Å². The van der Waals surface area contributed by atoms with Crippen LogP contribution in [0, 0.1) is 5.82 Å². The number of H-pyrrole nitrogens is 1. The molecule has 130 valence electrons. The molecule has 0 atom stereocenters. The number of ketones is 1. The van der Waals surface area contributed by atoms with E-state index in [2.05, 4.69) is 4.98 Å². The molecule has 2 aromatic rings. The fraction of sp³-hybridized carbons (Fsp3) is 0.278. The van der Waals surface area contributed by atoms with Crippen LogP contribution in [0.4, 0.5) is 10.1 Å². The first kappa shape index (κ1) is 16.9. The number of pyridine rings is 1. The number of rotatable bonds is 3. The number of hydrogen-bond donors (Lipinski definition) is 1. The zero-order valence-electron chi connectivity index (χ0n) is 13.8. The molecule has 25 heavy (non-hydrogen) atoms. The molecule has 1 saturated heterocycles. The maximum absolute atomic E-state index is 14.2. The van der Waals surface area contributed by atoms with Crippen molar-refractivity contribution in [2.45, 2.75) is 6.92 Å². The van der Waals surface area contributed by atoms with E-state index in [1.807, 2.05) is 4.90 Å². The predicted octanol–water partition coefficient (Wildman–Crippen LogP) is 1.68. The summed E-state index contributed by atoms with van der Waals surface area (Å²) in [7, 11) is 0. The maximum Gasteiger partial charge on any atom is 0.255 e. The van der Waals surface area contributed by atoms with Gasteiger partial charge in [0, 0.05) is 44.0 Å². The van der Waals surface area contributed by atoms with Crippen LogP contribution in [-0.4, -0.2) is 47.8 Å². The zero-order valence-corrected chi connectivity index (χ0v) is 13.8. The fourth-order valence-corrected chi connectivity index (χ4v) is 2.86. The summed E-state index contributed by atoms with van der Waals surface area (Å²) < 4.78 is 14.2. The van der Waals surface area contributed by atoms with Gasteiger partial charge in [-0.1, -0.05) is 0 Å². The van der Waals surface area contributed by atoms with Crippen LogP contribution in [0.5, 0.6) is 0 Å². The van der Waals surface area contributed by atoms with Crippen LogP contribution in [0.1, 0.15) is 27.6 Å². The van der Waals surface area contributed by atoms with Gasteiger partial charge in [0.15, 0.2) is 5.78 Å². The monoisotopic (exact) mass is 343 g/mol. The van der Waals surface area contributed by atoms with Gasteiger partial charge in [-0.3, -0.25) is 14.4 Å². The molecule has 1 fully saturated rings. The molecule has 3 rings (SSSR count). The first-order valence-corrected chi connectivity index (χ1v) is 7.99.